The number of aromatic nitrogens is 1. The van der Waals surface area contributed by atoms with Crippen molar-refractivity contribution >= 4 is 23.7 Å². The van der Waals surface area contributed by atoms with Crippen molar-refractivity contribution in [3.63, 3.8) is 0 Å². The minimum Gasteiger partial charge on any atom is -0.465 e. The maximum absolute atomic E-state index is 13.3. The number of Topliss-reactive ketones (excluding diaryl/α,β-unsaturated/α-hetero) is 1. The number of hydrogen-bond donors (Lipinski definition) is 1. The van der Waals surface area contributed by atoms with Crippen LogP contribution in [0.3, 0.4) is 0 Å². The quantitative estimate of drug-likeness (QED) is 0.332. The molecule has 1 aliphatic heterocycles. The van der Waals surface area contributed by atoms with Crippen molar-refractivity contribution in [2.24, 2.45) is 0 Å². The largest absolute Gasteiger partial charge is 0.465 e. The highest BCUT2D eigenvalue weighted by Gasteiger charge is 2.49. The van der Waals surface area contributed by atoms with Crippen LogP contribution in [0.5, 0.6) is 0 Å². The first-order valence-corrected chi connectivity index (χ1v) is 10.9. The molecule has 1 N–H and O–H groups in total. The molecule has 8 nitrogen and oxygen atoms in total. The molecule has 180 valence electrons. The van der Waals surface area contributed by atoms with E-state index in [1.165, 1.54) is 38.3 Å². The lowest BCUT2D eigenvalue weighted by molar-refractivity contribution is -0.130. The maximum Gasteiger partial charge on any atom is 0.337 e. The lowest BCUT2D eigenvalue weighted by Gasteiger charge is -2.22. The number of esters is 1. The summed E-state index contributed by atoms with van der Waals surface area (Å²) in [5, 5.41) is 2.62. The molecular weight excluding hydrogens is 453 g/mol. The van der Waals surface area contributed by atoms with Crippen LogP contribution in [0.4, 0.5) is 9.18 Å². The van der Waals surface area contributed by atoms with E-state index in [9.17, 15) is 23.6 Å². The molecule has 2 heterocycles. The Labute approximate surface area is 201 Å². The number of amides is 3. The van der Waals surface area contributed by atoms with Gasteiger partial charge in [0.25, 0.3) is 5.91 Å². The van der Waals surface area contributed by atoms with Crippen LogP contribution in [-0.2, 0) is 15.1 Å². The second-order valence-electron chi connectivity index (χ2n) is 8.54. The van der Waals surface area contributed by atoms with Crippen LogP contribution in [0.15, 0.2) is 54.6 Å². The number of ether oxygens (including phenoxy) is 1. The van der Waals surface area contributed by atoms with E-state index in [2.05, 4.69) is 5.32 Å². The molecule has 0 aliphatic carbocycles. The number of hydrogen-bond acceptors (Lipinski definition) is 5. The summed E-state index contributed by atoms with van der Waals surface area (Å²) in [7, 11) is 1.31. The highest BCUT2D eigenvalue weighted by Crippen LogP contribution is 2.30. The number of urea groups is 1. The van der Waals surface area contributed by atoms with E-state index in [1.807, 2.05) is 11.5 Å². The Morgan fingerprint density at radius 2 is 1.66 bits per heavy atom. The number of imide groups is 1. The zero-order valence-corrected chi connectivity index (χ0v) is 19.7. The van der Waals surface area contributed by atoms with E-state index in [0.29, 0.717) is 22.4 Å². The number of nitrogens with one attached hydrogen (secondary N) is 1. The van der Waals surface area contributed by atoms with Crippen LogP contribution in [0.25, 0.3) is 5.69 Å². The topological polar surface area (TPSA) is 97.7 Å². The summed E-state index contributed by atoms with van der Waals surface area (Å²) in [4.78, 5) is 51.5. The lowest BCUT2D eigenvalue weighted by Crippen LogP contribution is -2.41. The smallest absolute Gasteiger partial charge is 0.337 e. The molecule has 0 spiro atoms. The molecule has 9 heteroatoms. The van der Waals surface area contributed by atoms with E-state index >= 15 is 0 Å². The third kappa shape index (κ3) is 4.09. The van der Waals surface area contributed by atoms with Gasteiger partial charge >= 0.3 is 12.0 Å². The Hall–Kier alpha value is -4.27. The van der Waals surface area contributed by atoms with E-state index in [0.717, 1.165) is 16.3 Å². The van der Waals surface area contributed by atoms with Crippen molar-refractivity contribution in [2.75, 3.05) is 13.7 Å². The molecule has 4 rings (SSSR count). The van der Waals surface area contributed by atoms with E-state index < -0.39 is 41.6 Å². The molecule has 35 heavy (non-hydrogen) atoms. The number of ketones is 1. The zero-order chi connectivity index (χ0) is 25.5. The average molecular weight is 477 g/mol. The predicted octanol–water partition coefficient (Wildman–Crippen LogP) is 3.67. The Bertz CT molecular complexity index is 1340. The number of halogens is 1. The van der Waals surface area contributed by atoms with Crippen LogP contribution < -0.4 is 5.32 Å². The summed E-state index contributed by atoms with van der Waals surface area (Å²) in [6.07, 6.45) is 0. The van der Waals surface area contributed by atoms with Crippen LogP contribution in [-0.4, -0.2) is 46.8 Å². The van der Waals surface area contributed by atoms with Crippen molar-refractivity contribution in [1.29, 1.82) is 0 Å². The Balaban J connectivity index is 1.58. The van der Waals surface area contributed by atoms with Crippen LogP contribution in [0.1, 0.15) is 44.6 Å². The number of benzene rings is 2. The van der Waals surface area contributed by atoms with Gasteiger partial charge in [-0.2, -0.15) is 0 Å². The molecule has 2 aromatic carbocycles. The Morgan fingerprint density at radius 1 is 1.03 bits per heavy atom. The van der Waals surface area contributed by atoms with Crippen molar-refractivity contribution in [3.8, 4) is 5.69 Å². The van der Waals surface area contributed by atoms with E-state index in [-0.39, 0.29) is 0 Å². The second-order valence-corrected chi connectivity index (χ2v) is 8.54. The summed E-state index contributed by atoms with van der Waals surface area (Å²) in [5.41, 5.74) is 1.93. The average Bonchev–Trinajstić information content (AvgIpc) is 3.26. The molecule has 0 radical (unpaired) electrons. The number of carbonyl (C=O) groups is 4. The van der Waals surface area contributed by atoms with Gasteiger partial charge in [0.15, 0.2) is 5.78 Å². The van der Waals surface area contributed by atoms with Gasteiger partial charge < -0.3 is 14.6 Å². The molecule has 1 unspecified atom stereocenters. The van der Waals surface area contributed by atoms with Gasteiger partial charge in [0.05, 0.1) is 19.2 Å². The third-order valence-corrected chi connectivity index (χ3v) is 6.28. The number of carbonyl (C=O) groups excluding carboxylic acids is 4. The SMILES string of the molecule is COC(=O)c1ccc(-n2c(C)cc(C(=O)CN3C(=O)NC(C)(c4ccc(F)cc4)C3=O)c2C)cc1. The zero-order valence-electron chi connectivity index (χ0n) is 19.7. The van der Waals surface area contributed by atoms with Gasteiger partial charge in [-0.1, -0.05) is 12.1 Å². The lowest BCUT2D eigenvalue weighted by atomic mass is 9.92. The first-order chi connectivity index (χ1) is 16.6. The highest BCUT2D eigenvalue weighted by atomic mass is 19.1. The fraction of sp³-hybridized carbons (Fsp3) is 0.231. The van der Waals surface area contributed by atoms with E-state index in [1.54, 1.807) is 37.3 Å². The fourth-order valence-electron chi connectivity index (χ4n) is 4.36. The van der Waals surface area contributed by atoms with E-state index in [4.69, 9.17) is 4.74 Å². The first-order valence-electron chi connectivity index (χ1n) is 10.9. The summed E-state index contributed by atoms with van der Waals surface area (Å²) >= 11 is 0. The molecule has 0 bridgehead atoms. The van der Waals surface area contributed by atoms with Gasteiger partial charge in [0.2, 0.25) is 0 Å². The van der Waals surface area contributed by atoms with Gasteiger partial charge in [-0.05, 0) is 68.8 Å². The Morgan fingerprint density at radius 3 is 2.26 bits per heavy atom. The minimum atomic E-state index is -1.40. The van der Waals surface area contributed by atoms with Crippen LogP contribution in [0, 0.1) is 19.7 Å². The van der Waals surface area contributed by atoms with Gasteiger partial charge in [-0.3, -0.25) is 14.5 Å². The van der Waals surface area contributed by atoms with Gasteiger partial charge in [-0.15, -0.1) is 0 Å². The fourth-order valence-corrected chi connectivity index (χ4v) is 4.36. The summed E-state index contributed by atoms with van der Waals surface area (Å²) in [6, 6.07) is 13.0. The molecule has 3 aromatic rings. The molecule has 1 aliphatic rings. The highest BCUT2D eigenvalue weighted by molar-refractivity contribution is 6.11. The Kier molecular flexibility index (Phi) is 6.02. The second kappa shape index (κ2) is 8.83. The minimum absolute atomic E-state index is 0.371. The molecule has 1 aromatic heterocycles. The summed E-state index contributed by atoms with van der Waals surface area (Å²) in [6.45, 7) is 4.68. The third-order valence-electron chi connectivity index (χ3n) is 6.28. The molecule has 1 saturated heterocycles. The molecule has 1 fully saturated rings. The van der Waals surface area contributed by atoms with Gasteiger partial charge in [-0.25, -0.2) is 14.0 Å². The number of nitrogens with zero attached hydrogens (tertiary/aromatic N) is 2. The van der Waals surface area contributed by atoms with Crippen molar-refractivity contribution in [1.82, 2.24) is 14.8 Å². The van der Waals surface area contributed by atoms with Crippen molar-refractivity contribution < 1.29 is 28.3 Å². The van der Waals surface area contributed by atoms with Crippen molar-refractivity contribution in [2.45, 2.75) is 26.3 Å². The molecule has 1 atom stereocenters. The number of methoxy groups -OCH3 is 1. The molecule has 3 amide bonds. The summed E-state index contributed by atoms with van der Waals surface area (Å²) in [5.74, 6) is -1.90. The number of aryl methyl sites for hydroxylation is 1. The van der Waals surface area contributed by atoms with Crippen molar-refractivity contribution in [3.05, 3.63) is 88.5 Å². The summed E-state index contributed by atoms with van der Waals surface area (Å²) < 4.78 is 19.9. The molecular formula is C26H24FN3O5. The predicted molar refractivity (Wildman–Crippen MR) is 125 cm³/mol. The van der Waals surface area contributed by atoms with Crippen LogP contribution in [0.2, 0.25) is 0 Å². The van der Waals surface area contributed by atoms with Gasteiger partial charge in [0.1, 0.15) is 11.4 Å². The van der Waals surface area contributed by atoms with Crippen LogP contribution >= 0.6 is 0 Å². The first kappa shape index (κ1) is 23.9. The normalized spacial score (nSPS) is 17.5. The standard InChI is InChI=1S/C26H24FN3O5/c1-15-13-21(16(2)30(15)20-11-5-17(6-12-20)23(32)35-4)22(31)14-29-24(33)26(3,28-25(29)34)18-7-9-19(27)10-8-18/h5-13H,14H2,1-4H3,(H,28,34). The maximum atomic E-state index is 13.3. The monoisotopic (exact) mass is 477 g/mol. The van der Waals surface area contributed by atoms with Gasteiger partial charge in [0, 0.05) is 22.6 Å². The molecule has 0 saturated carbocycles. The number of rotatable bonds is 6.